The number of allylic oxidation sites excluding steroid dienone is 1. The standard InChI is InChI=1S/C25H20ClNO4/c1-29-21-9-5-3-6-16(21)12-23-24(28)18-10-11-22-19(25(18)31-23)14-27(15-30-22)13-17-7-2-4-8-20(17)26/h2-12H,13-15H2,1H3/b23-12-. The molecule has 0 spiro atoms. The molecule has 5 nitrogen and oxygen atoms in total. The first kappa shape index (κ1) is 19.7. The van der Waals surface area contributed by atoms with Gasteiger partial charge in [-0.3, -0.25) is 9.69 Å². The summed E-state index contributed by atoms with van der Waals surface area (Å²) in [4.78, 5) is 15.1. The van der Waals surface area contributed by atoms with Crippen molar-refractivity contribution in [1.82, 2.24) is 4.90 Å². The molecule has 31 heavy (non-hydrogen) atoms. The number of hydrogen-bond acceptors (Lipinski definition) is 5. The van der Waals surface area contributed by atoms with E-state index in [0.717, 1.165) is 27.5 Å². The van der Waals surface area contributed by atoms with Gasteiger partial charge in [-0.15, -0.1) is 0 Å². The molecule has 0 saturated carbocycles. The van der Waals surface area contributed by atoms with Crippen LogP contribution in [0.5, 0.6) is 17.2 Å². The molecule has 0 radical (unpaired) electrons. The summed E-state index contributed by atoms with van der Waals surface area (Å²) in [6.45, 7) is 1.68. The summed E-state index contributed by atoms with van der Waals surface area (Å²) in [5.41, 5.74) is 3.22. The number of halogens is 1. The highest BCUT2D eigenvalue weighted by atomic mass is 35.5. The minimum absolute atomic E-state index is 0.146. The Morgan fingerprint density at radius 3 is 2.74 bits per heavy atom. The maximum Gasteiger partial charge on any atom is 0.231 e. The first-order valence-corrected chi connectivity index (χ1v) is 10.3. The van der Waals surface area contributed by atoms with Gasteiger partial charge in [0, 0.05) is 23.7 Å². The van der Waals surface area contributed by atoms with Gasteiger partial charge in [-0.25, -0.2) is 0 Å². The SMILES string of the molecule is COc1ccccc1/C=C1\Oc2c(ccc3c2CN(Cc2ccccc2Cl)CO3)C1=O. The molecule has 6 heteroatoms. The molecule has 0 aliphatic carbocycles. The number of carbonyl (C=O) groups is 1. The highest BCUT2D eigenvalue weighted by Crippen LogP contribution is 2.42. The van der Waals surface area contributed by atoms with Crippen LogP contribution < -0.4 is 14.2 Å². The van der Waals surface area contributed by atoms with Crippen LogP contribution >= 0.6 is 11.6 Å². The first-order valence-electron chi connectivity index (χ1n) is 9.96. The van der Waals surface area contributed by atoms with Crippen molar-refractivity contribution in [1.29, 1.82) is 0 Å². The normalized spacial score (nSPS) is 16.5. The van der Waals surface area contributed by atoms with Crippen LogP contribution in [0, 0.1) is 0 Å². The number of methoxy groups -OCH3 is 1. The van der Waals surface area contributed by atoms with Crippen molar-refractivity contribution < 1.29 is 19.0 Å². The molecule has 0 unspecified atom stereocenters. The van der Waals surface area contributed by atoms with E-state index in [4.69, 9.17) is 25.8 Å². The van der Waals surface area contributed by atoms with E-state index in [2.05, 4.69) is 4.90 Å². The third kappa shape index (κ3) is 3.67. The Labute approximate surface area is 185 Å². The zero-order valence-corrected chi connectivity index (χ0v) is 17.7. The third-order valence-corrected chi connectivity index (χ3v) is 5.83. The first-order chi connectivity index (χ1) is 15.1. The lowest BCUT2D eigenvalue weighted by atomic mass is 10.0. The Morgan fingerprint density at radius 2 is 1.90 bits per heavy atom. The molecule has 3 aromatic rings. The zero-order chi connectivity index (χ0) is 21.4. The lowest BCUT2D eigenvalue weighted by Crippen LogP contribution is -2.31. The van der Waals surface area contributed by atoms with Gasteiger partial charge in [-0.05, 0) is 35.9 Å². The van der Waals surface area contributed by atoms with Crippen molar-refractivity contribution in [3.05, 3.63) is 93.7 Å². The van der Waals surface area contributed by atoms with Gasteiger partial charge >= 0.3 is 0 Å². The van der Waals surface area contributed by atoms with Crippen molar-refractivity contribution in [2.45, 2.75) is 13.1 Å². The number of Topliss-reactive ketones (excluding diaryl/α,β-unsaturated/α-hetero) is 1. The quantitative estimate of drug-likeness (QED) is 0.521. The molecule has 0 amide bonds. The van der Waals surface area contributed by atoms with E-state index in [1.54, 1.807) is 19.3 Å². The Hall–Kier alpha value is -3.28. The van der Waals surface area contributed by atoms with Crippen LogP contribution in [0.4, 0.5) is 0 Å². The van der Waals surface area contributed by atoms with Crippen LogP contribution in [0.15, 0.2) is 66.4 Å². The Morgan fingerprint density at radius 1 is 1.10 bits per heavy atom. The average Bonchev–Trinajstić information content (AvgIpc) is 3.11. The van der Waals surface area contributed by atoms with Gasteiger partial charge in [0.2, 0.25) is 5.78 Å². The van der Waals surface area contributed by atoms with Crippen LogP contribution in [0.25, 0.3) is 6.08 Å². The molecular formula is C25H20ClNO4. The number of para-hydroxylation sites is 1. The molecule has 0 N–H and O–H groups in total. The van der Waals surface area contributed by atoms with Crippen LogP contribution in [0.3, 0.4) is 0 Å². The van der Waals surface area contributed by atoms with Crippen molar-refractivity contribution in [3.63, 3.8) is 0 Å². The van der Waals surface area contributed by atoms with Crippen molar-refractivity contribution in [2.75, 3.05) is 13.8 Å². The molecular weight excluding hydrogens is 414 g/mol. The summed E-state index contributed by atoms with van der Waals surface area (Å²) in [5, 5.41) is 0.722. The lowest BCUT2D eigenvalue weighted by Gasteiger charge is -2.30. The summed E-state index contributed by atoms with van der Waals surface area (Å²) < 4.78 is 17.4. The van der Waals surface area contributed by atoms with Gasteiger partial charge in [0.15, 0.2) is 5.76 Å². The van der Waals surface area contributed by atoms with Crippen molar-refractivity contribution >= 4 is 23.5 Å². The van der Waals surface area contributed by atoms with Gasteiger partial charge in [0.25, 0.3) is 0 Å². The van der Waals surface area contributed by atoms with E-state index in [-0.39, 0.29) is 11.5 Å². The molecule has 2 aliphatic rings. The van der Waals surface area contributed by atoms with Crippen LogP contribution in [0.2, 0.25) is 5.02 Å². The Bertz CT molecular complexity index is 1200. The molecule has 0 atom stereocenters. The van der Waals surface area contributed by atoms with Crippen LogP contribution in [-0.2, 0) is 13.1 Å². The molecule has 3 aromatic carbocycles. The minimum atomic E-state index is -0.146. The number of carbonyl (C=O) groups excluding carboxylic acids is 1. The van der Waals surface area contributed by atoms with Crippen LogP contribution in [0.1, 0.15) is 27.0 Å². The van der Waals surface area contributed by atoms with Gasteiger partial charge in [-0.2, -0.15) is 0 Å². The number of ketones is 1. The van der Waals surface area contributed by atoms with Crippen molar-refractivity contribution in [3.8, 4) is 17.2 Å². The molecule has 2 heterocycles. The van der Waals surface area contributed by atoms with E-state index in [1.165, 1.54) is 0 Å². The number of ether oxygens (including phenoxy) is 3. The topological polar surface area (TPSA) is 48.0 Å². The molecule has 5 rings (SSSR count). The Balaban J connectivity index is 1.44. The Kier molecular flexibility index (Phi) is 5.14. The average molecular weight is 434 g/mol. The summed E-state index contributed by atoms with van der Waals surface area (Å²) in [6.07, 6.45) is 1.72. The second kappa shape index (κ2) is 8.10. The van der Waals surface area contributed by atoms with Gasteiger partial charge in [-0.1, -0.05) is 48.0 Å². The fraction of sp³-hybridized carbons (Fsp3) is 0.160. The van der Waals surface area contributed by atoms with Gasteiger partial charge < -0.3 is 14.2 Å². The number of nitrogens with zero attached hydrogens (tertiary/aromatic N) is 1. The summed E-state index contributed by atoms with van der Waals surface area (Å²) in [6, 6.07) is 18.9. The van der Waals surface area contributed by atoms with E-state index in [9.17, 15) is 4.79 Å². The summed E-state index contributed by atoms with van der Waals surface area (Å²) >= 11 is 6.32. The molecule has 156 valence electrons. The van der Waals surface area contributed by atoms with Gasteiger partial charge in [0.1, 0.15) is 24.0 Å². The monoisotopic (exact) mass is 433 g/mol. The van der Waals surface area contributed by atoms with E-state index in [1.807, 2.05) is 54.6 Å². The predicted octanol–water partition coefficient (Wildman–Crippen LogP) is 5.32. The molecule has 0 bridgehead atoms. The lowest BCUT2D eigenvalue weighted by molar-refractivity contribution is 0.0873. The minimum Gasteiger partial charge on any atom is -0.496 e. The van der Waals surface area contributed by atoms with Crippen molar-refractivity contribution in [2.24, 2.45) is 0 Å². The highest BCUT2D eigenvalue weighted by Gasteiger charge is 2.33. The van der Waals surface area contributed by atoms with Gasteiger partial charge in [0.05, 0.1) is 18.2 Å². The number of rotatable bonds is 4. The second-order valence-electron chi connectivity index (χ2n) is 7.45. The predicted molar refractivity (Wildman–Crippen MR) is 119 cm³/mol. The third-order valence-electron chi connectivity index (χ3n) is 5.46. The maximum absolute atomic E-state index is 13.0. The number of fused-ring (bicyclic) bond motifs is 3. The second-order valence-corrected chi connectivity index (χ2v) is 7.86. The highest BCUT2D eigenvalue weighted by molar-refractivity contribution is 6.31. The number of benzene rings is 3. The summed E-state index contributed by atoms with van der Waals surface area (Å²) in [7, 11) is 1.60. The summed E-state index contributed by atoms with van der Waals surface area (Å²) in [5.74, 6) is 2.11. The van der Waals surface area contributed by atoms with E-state index >= 15 is 0 Å². The smallest absolute Gasteiger partial charge is 0.231 e. The molecule has 0 fully saturated rings. The van der Waals surface area contributed by atoms with Crippen LogP contribution in [-0.4, -0.2) is 24.5 Å². The van der Waals surface area contributed by atoms with E-state index in [0.29, 0.717) is 36.9 Å². The molecule has 2 aliphatic heterocycles. The van der Waals surface area contributed by atoms with E-state index < -0.39 is 0 Å². The fourth-order valence-corrected chi connectivity index (χ4v) is 4.10. The zero-order valence-electron chi connectivity index (χ0n) is 16.9. The molecule has 0 aromatic heterocycles. The fourth-order valence-electron chi connectivity index (χ4n) is 3.90. The maximum atomic E-state index is 13.0. The largest absolute Gasteiger partial charge is 0.496 e. The molecule has 0 saturated heterocycles. The number of hydrogen-bond donors (Lipinski definition) is 0.